The molecule has 1 aliphatic rings. The van der Waals surface area contributed by atoms with Gasteiger partial charge in [0.15, 0.2) is 0 Å². The number of likely N-dealkylation sites (tertiary alicyclic amines) is 1. The summed E-state index contributed by atoms with van der Waals surface area (Å²) < 4.78 is 64.9. The lowest BCUT2D eigenvalue weighted by molar-refractivity contribution is 0.151. The molecule has 0 aliphatic carbocycles. The standard InChI is InChI=1S/C24H29F3N2O3S/c1-15(8-17-10-19(26)12-20(27)11-17)14-28-24(30)29-7-6-21(33(3,31)32)13-23(29)22-5-4-18(25)9-16(22)2/h4-5,9-12,15,21,23H,6-8,13-14H2,1-3H3,(H,28,30)/t15?,21-,23+/m0/s1. The predicted molar refractivity (Wildman–Crippen MR) is 121 cm³/mol. The Kier molecular flexibility index (Phi) is 7.72. The highest BCUT2D eigenvalue weighted by atomic mass is 32.2. The molecule has 1 heterocycles. The van der Waals surface area contributed by atoms with Gasteiger partial charge in [-0.2, -0.15) is 0 Å². The molecule has 0 aromatic heterocycles. The van der Waals surface area contributed by atoms with E-state index in [4.69, 9.17) is 0 Å². The predicted octanol–water partition coefficient (Wildman–Crippen LogP) is 4.55. The second-order valence-electron chi connectivity index (χ2n) is 8.96. The number of nitrogens with one attached hydrogen (secondary N) is 1. The van der Waals surface area contributed by atoms with Gasteiger partial charge in [-0.05, 0) is 73.1 Å². The summed E-state index contributed by atoms with van der Waals surface area (Å²) in [5, 5.41) is 2.28. The molecule has 5 nitrogen and oxygen atoms in total. The SMILES string of the molecule is Cc1cc(F)ccc1[C@H]1C[C@@H](S(C)(=O)=O)CCN1C(=O)NCC(C)Cc1cc(F)cc(F)c1. The first kappa shape index (κ1) is 25.1. The van der Waals surface area contributed by atoms with Crippen molar-refractivity contribution in [1.29, 1.82) is 0 Å². The molecule has 0 bridgehead atoms. The van der Waals surface area contributed by atoms with Crippen LogP contribution in [0.25, 0.3) is 0 Å². The number of carbonyl (C=O) groups excluding carboxylic acids is 1. The molecule has 1 unspecified atom stereocenters. The molecular weight excluding hydrogens is 453 g/mol. The largest absolute Gasteiger partial charge is 0.338 e. The summed E-state index contributed by atoms with van der Waals surface area (Å²) in [4.78, 5) is 14.6. The van der Waals surface area contributed by atoms with Gasteiger partial charge in [-0.25, -0.2) is 26.4 Å². The number of carbonyl (C=O) groups is 1. The zero-order chi connectivity index (χ0) is 24.3. The minimum absolute atomic E-state index is 0.0882. The van der Waals surface area contributed by atoms with E-state index < -0.39 is 38.6 Å². The average molecular weight is 483 g/mol. The van der Waals surface area contributed by atoms with Crippen molar-refractivity contribution in [2.75, 3.05) is 19.3 Å². The number of piperidine rings is 1. The molecule has 1 N–H and O–H groups in total. The van der Waals surface area contributed by atoms with E-state index in [-0.39, 0.29) is 31.5 Å². The summed E-state index contributed by atoms with van der Waals surface area (Å²) in [6, 6.07) is 6.77. The van der Waals surface area contributed by atoms with Crippen molar-refractivity contribution < 1.29 is 26.4 Å². The zero-order valence-corrected chi connectivity index (χ0v) is 19.8. The van der Waals surface area contributed by atoms with Gasteiger partial charge in [0.05, 0.1) is 11.3 Å². The molecule has 1 saturated heterocycles. The lowest BCUT2D eigenvalue weighted by Gasteiger charge is -2.40. The number of halogens is 3. The lowest BCUT2D eigenvalue weighted by Crippen LogP contribution is -2.49. The molecule has 1 fully saturated rings. The highest BCUT2D eigenvalue weighted by Crippen LogP contribution is 2.35. The Morgan fingerprint density at radius 1 is 1.12 bits per heavy atom. The monoisotopic (exact) mass is 482 g/mol. The van der Waals surface area contributed by atoms with Crippen LogP contribution >= 0.6 is 0 Å². The summed E-state index contributed by atoms with van der Waals surface area (Å²) in [7, 11) is -3.30. The van der Waals surface area contributed by atoms with Gasteiger partial charge in [-0.3, -0.25) is 0 Å². The molecule has 0 saturated carbocycles. The molecule has 33 heavy (non-hydrogen) atoms. The number of aryl methyl sites for hydroxylation is 1. The molecule has 9 heteroatoms. The van der Waals surface area contributed by atoms with Crippen molar-refractivity contribution in [3.8, 4) is 0 Å². The normalized spacial score (nSPS) is 19.9. The Bertz CT molecular complexity index is 1100. The number of benzene rings is 2. The van der Waals surface area contributed by atoms with Crippen molar-refractivity contribution in [1.82, 2.24) is 10.2 Å². The first-order valence-electron chi connectivity index (χ1n) is 10.9. The van der Waals surface area contributed by atoms with Gasteiger partial charge in [0.25, 0.3) is 0 Å². The van der Waals surface area contributed by atoms with E-state index in [0.29, 0.717) is 29.5 Å². The number of hydrogen-bond acceptors (Lipinski definition) is 3. The molecular formula is C24H29F3N2O3S. The number of nitrogens with zero attached hydrogens (tertiary/aromatic N) is 1. The number of sulfone groups is 1. The van der Waals surface area contributed by atoms with Crippen LogP contribution < -0.4 is 5.32 Å². The van der Waals surface area contributed by atoms with E-state index in [1.54, 1.807) is 17.9 Å². The van der Waals surface area contributed by atoms with Crippen LogP contribution in [0.4, 0.5) is 18.0 Å². The van der Waals surface area contributed by atoms with Crippen molar-refractivity contribution >= 4 is 15.9 Å². The molecule has 0 radical (unpaired) electrons. The Morgan fingerprint density at radius 2 is 1.79 bits per heavy atom. The van der Waals surface area contributed by atoms with Crippen molar-refractivity contribution in [3.63, 3.8) is 0 Å². The maximum atomic E-state index is 13.6. The maximum Gasteiger partial charge on any atom is 0.317 e. The summed E-state index contributed by atoms with van der Waals surface area (Å²) in [5.74, 6) is -1.78. The molecule has 3 rings (SSSR count). The highest BCUT2D eigenvalue weighted by Gasteiger charge is 2.37. The van der Waals surface area contributed by atoms with Crippen LogP contribution in [0.2, 0.25) is 0 Å². The Balaban J connectivity index is 1.72. The zero-order valence-electron chi connectivity index (χ0n) is 18.9. The second kappa shape index (κ2) is 10.2. The summed E-state index contributed by atoms with van der Waals surface area (Å²) in [6.07, 6.45) is 2.13. The van der Waals surface area contributed by atoms with E-state index in [1.165, 1.54) is 30.5 Å². The fourth-order valence-corrected chi connectivity index (χ4v) is 5.50. The fourth-order valence-electron chi connectivity index (χ4n) is 4.44. The molecule has 2 amide bonds. The third-order valence-electron chi connectivity index (χ3n) is 6.12. The van der Waals surface area contributed by atoms with Crippen molar-refractivity contribution in [3.05, 3.63) is 70.5 Å². The third kappa shape index (κ3) is 6.50. The van der Waals surface area contributed by atoms with Crippen LogP contribution in [0, 0.1) is 30.3 Å². The third-order valence-corrected chi connectivity index (χ3v) is 7.76. The highest BCUT2D eigenvalue weighted by molar-refractivity contribution is 7.91. The van der Waals surface area contributed by atoms with Crippen molar-refractivity contribution in [2.45, 2.75) is 44.4 Å². The Labute approximate surface area is 192 Å². The summed E-state index contributed by atoms with van der Waals surface area (Å²) in [5.41, 5.74) is 1.86. The van der Waals surface area contributed by atoms with Crippen molar-refractivity contribution in [2.24, 2.45) is 5.92 Å². The maximum absolute atomic E-state index is 13.6. The first-order valence-corrected chi connectivity index (χ1v) is 12.8. The minimum atomic E-state index is -3.30. The van der Waals surface area contributed by atoms with Crippen LogP contribution in [-0.2, 0) is 16.3 Å². The molecule has 2 aromatic rings. The molecule has 1 aliphatic heterocycles. The second-order valence-corrected chi connectivity index (χ2v) is 11.3. The Morgan fingerprint density at radius 3 is 2.39 bits per heavy atom. The van der Waals surface area contributed by atoms with Gasteiger partial charge in [0.2, 0.25) is 0 Å². The number of urea groups is 1. The number of amides is 2. The van der Waals surface area contributed by atoms with Gasteiger partial charge in [-0.1, -0.05) is 13.0 Å². The van der Waals surface area contributed by atoms with Crippen LogP contribution in [0.5, 0.6) is 0 Å². The van der Waals surface area contributed by atoms with E-state index in [0.717, 1.165) is 6.07 Å². The molecule has 180 valence electrons. The smallest absolute Gasteiger partial charge is 0.317 e. The van der Waals surface area contributed by atoms with Gasteiger partial charge in [0.1, 0.15) is 27.3 Å². The van der Waals surface area contributed by atoms with E-state index in [2.05, 4.69) is 5.32 Å². The van der Waals surface area contributed by atoms with Gasteiger partial charge in [0, 0.05) is 25.4 Å². The lowest BCUT2D eigenvalue weighted by atomic mass is 9.92. The van der Waals surface area contributed by atoms with Gasteiger partial charge >= 0.3 is 6.03 Å². The van der Waals surface area contributed by atoms with Crippen LogP contribution in [-0.4, -0.2) is 43.9 Å². The molecule has 0 spiro atoms. The molecule has 3 atom stereocenters. The topological polar surface area (TPSA) is 66.5 Å². The Hall–Kier alpha value is -2.55. The van der Waals surface area contributed by atoms with Crippen LogP contribution in [0.3, 0.4) is 0 Å². The van der Waals surface area contributed by atoms with E-state index in [1.807, 2.05) is 6.92 Å². The van der Waals surface area contributed by atoms with Crippen LogP contribution in [0.1, 0.15) is 42.5 Å². The minimum Gasteiger partial charge on any atom is -0.338 e. The van der Waals surface area contributed by atoms with E-state index in [9.17, 15) is 26.4 Å². The van der Waals surface area contributed by atoms with Crippen LogP contribution in [0.15, 0.2) is 36.4 Å². The quantitative estimate of drug-likeness (QED) is 0.657. The number of rotatable bonds is 6. The summed E-state index contributed by atoms with van der Waals surface area (Å²) >= 11 is 0. The fraction of sp³-hybridized carbons (Fsp3) is 0.458. The number of hydrogen-bond donors (Lipinski definition) is 1. The molecule has 2 aromatic carbocycles. The first-order chi connectivity index (χ1) is 15.4. The van der Waals surface area contributed by atoms with E-state index >= 15 is 0 Å². The summed E-state index contributed by atoms with van der Waals surface area (Å²) in [6.45, 7) is 4.12. The van der Waals surface area contributed by atoms with Gasteiger partial charge in [-0.15, -0.1) is 0 Å². The van der Waals surface area contributed by atoms with Gasteiger partial charge < -0.3 is 10.2 Å². The average Bonchev–Trinajstić information content (AvgIpc) is 2.70.